The van der Waals surface area contributed by atoms with Crippen LogP contribution in [0.25, 0.3) is 0 Å². The van der Waals surface area contributed by atoms with Gasteiger partial charge in [0.2, 0.25) is 6.08 Å². The summed E-state index contributed by atoms with van der Waals surface area (Å²) in [6.45, 7) is 0. The van der Waals surface area contributed by atoms with E-state index in [1.165, 1.54) is 4.99 Å². The fourth-order valence-corrected chi connectivity index (χ4v) is 1.74. The van der Waals surface area contributed by atoms with Gasteiger partial charge in [-0.15, -0.1) is 4.99 Å². The number of hydrogen-bond donors (Lipinski definition) is 1. The van der Waals surface area contributed by atoms with Gasteiger partial charge in [-0.05, 0) is 0 Å². The summed E-state index contributed by atoms with van der Waals surface area (Å²) in [5.41, 5.74) is -12.0. The van der Waals surface area contributed by atoms with Gasteiger partial charge in [0.25, 0.3) is 5.54 Å². The molecular formula is C8HF12N3O. The van der Waals surface area contributed by atoms with E-state index in [9.17, 15) is 57.5 Å². The fourth-order valence-electron chi connectivity index (χ4n) is 1.74. The molecule has 0 radical (unpaired) electrons. The number of alkyl halides is 12. The molecule has 0 unspecified atom stereocenters. The number of halogens is 12. The Hall–Kier alpha value is -1.83. The summed E-state index contributed by atoms with van der Waals surface area (Å²) in [5.74, 6) is -3.12. The summed E-state index contributed by atoms with van der Waals surface area (Å²) in [6, 6.07) is 0. The Labute approximate surface area is 122 Å². The van der Waals surface area contributed by atoms with Crippen LogP contribution in [-0.2, 0) is 4.79 Å². The summed E-state index contributed by atoms with van der Waals surface area (Å²) in [5, 5.41) is -0.564. The van der Waals surface area contributed by atoms with Gasteiger partial charge in [-0.2, -0.15) is 52.7 Å². The van der Waals surface area contributed by atoms with Crippen molar-refractivity contribution in [1.29, 1.82) is 0 Å². The molecule has 138 valence electrons. The second-order valence-electron chi connectivity index (χ2n) is 4.21. The smallest absolute Gasteiger partial charge is 0.250 e. The van der Waals surface area contributed by atoms with Crippen LogP contribution in [0, 0.1) is 0 Å². The zero-order valence-electron chi connectivity index (χ0n) is 10.3. The van der Waals surface area contributed by atoms with E-state index >= 15 is 0 Å². The Balaban J connectivity index is 3.94. The van der Waals surface area contributed by atoms with Crippen LogP contribution >= 0.6 is 0 Å². The highest BCUT2D eigenvalue weighted by atomic mass is 19.4. The van der Waals surface area contributed by atoms with Gasteiger partial charge in [0.1, 0.15) is 0 Å². The highest BCUT2D eigenvalue weighted by Crippen LogP contribution is 2.55. The molecule has 16 heteroatoms. The van der Waals surface area contributed by atoms with Crippen molar-refractivity contribution in [2.45, 2.75) is 35.9 Å². The first kappa shape index (κ1) is 20.2. The van der Waals surface area contributed by atoms with Crippen LogP contribution in [0.1, 0.15) is 0 Å². The van der Waals surface area contributed by atoms with E-state index < -0.39 is 47.1 Å². The molecule has 0 saturated heterocycles. The van der Waals surface area contributed by atoms with Crippen LogP contribution in [-0.4, -0.2) is 47.8 Å². The van der Waals surface area contributed by atoms with E-state index in [1.54, 1.807) is 4.99 Å². The maximum absolute atomic E-state index is 12.8. The number of isocyanates is 1. The maximum Gasteiger partial charge on any atom is 0.436 e. The number of rotatable bonds is 0. The molecule has 0 atom stereocenters. The summed E-state index contributed by atoms with van der Waals surface area (Å²) in [6.07, 6.45) is -27.2. The minimum Gasteiger partial charge on any atom is -0.250 e. The molecule has 1 N–H and O–H groups in total. The standard InChI is InChI=1S/C8HF12N3O/c9-5(10,11)3(6(12,13)14)2(21-1-24)22-4(23-3,7(15,16)17)8(18,19)20/h23H. The van der Waals surface area contributed by atoms with Crippen LogP contribution in [0.3, 0.4) is 0 Å². The monoisotopic (exact) mass is 383 g/mol. The van der Waals surface area contributed by atoms with Crippen LogP contribution in [0.5, 0.6) is 0 Å². The zero-order valence-corrected chi connectivity index (χ0v) is 10.3. The lowest BCUT2D eigenvalue weighted by atomic mass is 9.96. The van der Waals surface area contributed by atoms with Crippen molar-refractivity contribution in [2.75, 3.05) is 0 Å². The molecule has 0 spiro atoms. The fraction of sp³-hybridized carbons (Fsp3) is 0.750. The van der Waals surface area contributed by atoms with Gasteiger partial charge >= 0.3 is 30.4 Å². The maximum atomic E-state index is 12.8. The Kier molecular flexibility index (Phi) is 4.28. The number of nitrogens with one attached hydrogen (secondary N) is 1. The third kappa shape index (κ3) is 2.53. The van der Waals surface area contributed by atoms with Crippen LogP contribution in [0.4, 0.5) is 52.7 Å². The average Bonchev–Trinajstić information content (AvgIpc) is 2.64. The third-order valence-corrected chi connectivity index (χ3v) is 2.80. The predicted molar refractivity (Wildman–Crippen MR) is 48.4 cm³/mol. The minimum atomic E-state index is -6.82. The lowest BCUT2D eigenvalue weighted by molar-refractivity contribution is -0.333. The molecule has 1 heterocycles. The number of nitrogens with zero attached hydrogens (tertiary/aromatic N) is 2. The SMILES string of the molecule is O=C=NC1=NC(C(F)(F)F)(C(F)(F)F)NC1(C(F)(F)F)C(F)(F)F. The topological polar surface area (TPSA) is 53.8 Å². The van der Waals surface area contributed by atoms with Gasteiger partial charge < -0.3 is 0 Å². The molecule has 0 aromatic heterocycles. The second kappa shape index (κ2) is 5.08. The van der Waals surface area contributed by atoms with Crippen molar-refractivity contribution >= 4 is 11.9 Å². The zero-order chi connectivity index (χ0) is 19.4. The van der Waals surface area contributed by atoms with Gasteiger partial charge in [-0.3, -0.25) is 0 Å². The highest BCUT2D eigenvalue weighted by Gasteiger charge is 2.86. The van der Waals surface area contributed by atoms with Crippen LogP contribution in [0.2, 0.25) is 0 Å². The quantitative estimate of drug-likeness (QED) is 0.397. The molecule has 0 aromatic rings. The second-order valence-corrected chi connectivity index (χ2v) is 4.21. The van der Waals surface area contributed by atoms with Crippen molar-refractivity contribution in [3.8, 4) is 0 Å². The molecule has 0 aromatic carbocycles. The lowest BCUT2D eigenvalue weighted by Gasteiger charge is -2.38. The Morgan fingerprint density at radius 1 is 0.792 bits per heavy atom. The minimum absolute atomic E-state index is 0.0188. The summed E-state index contributed by atoms with van der Waals surface area (Å²) in [4.78, 5) is 13.0. The number of aliphatic imine (C=N–C) groups is 2. The summed E-state index contributed by atoms with van der Waals surface area (Å²) < 4.78 is 153. The molecule has 0 fully saturated rings. The summed E-state index contributed by atoms with van der Waals surface area (Å²) >= 11 is 0. The molecule has 0 bridgehead atoms. The largest absolute Gasteiger partial charge is 0.436 e. The molecule has 0 amide bonds. The predicted octanol–water partition coefficient (Wildman–Crippen LogP) is 3.01. The van der Waals surface area contributed by atoms with Gasteiger partial charge in [-0.25, -0.2) is 15.1 Å². The van der Waals surface area contributed by atoms with Gasteiger partial charge in [0.15, 0.2) is 5.84 Å². The molecule has 24 heavy (non-hydrogen) atoms. The molecule has 4 nitrogen and oxygen atoms in total. The van der Waals surface area contributed by atoms with E-state index in [0.29, 0.717) is 0 Å². The van der Waals surface area contributed by atoms with Crippen molar-refractivity contribution in [3.63, 3.8) is 0 Å². The van der Waals surface area contributed by atoms with E-state index in [0.717, 1.165) is 0 Å². The molecular weight excluding hydrogens is 382 g/mol. The Bertz CT molecular complexity index is 559. The Morgan fingerprint density at radius 2 is 1.17 bits per heavy atom. The first-order chi connectivity index (χ1) is 10.4. The van der Waals surface area contributed by atoms with Gasteiger partial charge in [0, 0.05) is 0 Å². The Morgan fingerprint density at radius 3 is 1.42 bits per heavy atom. The normalized spacial score (nSPS) is 21.2. The van der Waals surface area contributed by atoms with Crippen molar-refractivity contribution < 1.29 is 57.5 Å². The van der Waals surface area contributed by atoms with E-state index in [2.05, 4.69) is 0 Å². The first-order valence-corrected chi connectivity index (χ1v) is 5.12. The number of carbonyl (C=O) groups excluding carboxylic acids is 1. The summed E-state index contributed by atoms with van der Waals surface area (Å²) in [7, 11) is 0. The van der Waals surface area contributed by atoms with E-state index in [1.807, 2.05) is 0 Å². The van der Waals surface area contributed by atoms with E-state index in [4.69, 9.17) is 0 Å². The number of hydrogen-bond acceptors (Lipinski definition) is 4. The molecule has 1 aliphatic rings. The van der Waals surface area contributed by atoms with Crippen LogP contribution < -0.4 is 5.32 Å². The molecule has 0 saturated carbocycles. The molecule has 1 rings (SSSR count). The molecule has 0 aliphatic carbocycles. The van der Waals surface area contributed by atoms with Crippen molar-refractivity contribution in [2.24, 2.45) is 9.98 Å². The van der Waals surface area contributed by atoms with Crippen LogP contribution in [0.15, 0.2) is 9.98 Å². The van der Waals surface area contributed by atoms with Crippen molar-refractivity contribution in [1.82, 2.24) is 5.32 Å². The van der Waals surface area contributed by atoms with Crippen molar-refractivity contribution in [3.05, 3.63) is 0 Å². The first-order valence-electron chi connectivity index (χ1n) is 5.12. The lowest BCUT2D eigenvalue weighted by Crippen LogP contribution is -2.75. The average molecular weight is 383 g/mol. The van der Waals surface area contributed by atoms with Gasteiger partial charge in [-0.1, -0.05) is 0 Å². The highest BCUT2D eigenvalue weighted by molar-refractivity contribution is 5.99. The van der Waals surface area contributed by atoms with Gasteiger partial charge in [0.05, 0.1) is 0 Å². The molecule has 1 aliphatic heterocycles. The third-order valence-electron chi connectivity index (χ3n) is 2.80. The van der Waals surface area contributed by atoms with E-state index in [-0.39, 0.29) is 6.08 Å². The number of amidine groups is 1.